The summed E-state index contributed by atoms with van der Waals surface area (Å²) < 4.78 is 19.5. The minimum Gasteiger partial charge on any atom is -0.453 e. The van der Waals surface area contributed by atoms with Crippen molar-refractivity contribution < 1.29 is 13.9 Å². The van der Waals surface area contributed by atoms with Crippen LogP contribution in [0.15, 0.2) is 71.3 Å². The second-order valence-corrected chi connectivity index (χ2v) is 6.65. The van der Waals surface area contributed by atoms with Gasteiger partial charge in [0, 0.05) is 22.3 Å². The van der Waals surface area contributed by atoms with Crippen LogP contribution < -0.4 is 15.4 Å². The van der Waals surface area contributed by atoms with Crippen molar-refractivity contribution in [3.05, 3.63) is 82.7 Å². The Hall–Kier alpha value is -2.84. The van der Waals surface area contributed by atoms with Gasteiger partial charge in [0.1, 0.15) is 11.6 Å². The maximum absolute atomic E-state index is 13.1. The highest BCUT2D eigenvalue weighted by Crippen LogP contribution is 2.30. The first kappa shape index (κ1) is 18.9. The number of pyridine rings is 1. The van der Waals surface area contributed by atoms with Crippen LogP contribution in [0.2, 0.25) is 0 Å². The van der Waals surface area contributed by atoms with Gasteiger partial charge in [0.05, 0.1) is 0 Å². The van der Waals surface area contributed by atoms with Gasteiger partial charge in [-0.25, -0.2) is 9.37 Å². The number of carbonyl (C=O) groups is 1. The van der Waals surface area contributed by atoms with Gasteiger partial charge in [0.25, 0.3) is 5.91 Å². The largest absolute Gasteiger partial charge is 0.453 e. The van der Waals surface area contributed by atoms with E-state index in [2.05, 4.69) is 31.5 Å². The first-order chi connectivity index (χ1) is 13.0. The van der Waals surface area contributed by atoms with E-state index < -0.39 is 0 Å². The third-order valence-electron chi connectivity index (χ3n) is 3.36. The molecule has 1 amide bonds. The zero-order valence-corrected chi connectivity index (χ0v) is 16.2. The van der Waals surface area contributed by atoms with Crippen molar-refractivity contribution in [3.8, 4) is 11.5 Å². The Balaban J connectivity index is 1.73. The molecule has 0 aliphatic carbocycles. The van der Waals surface area contributed by atoms with Crippen LogP contribution in [0.1, 0.15) is 10.4 Å². The van der Waals surface area contributed by atoms with E-state index in [0.29, 0.717) is 27.4 Å². The molecule has 0 fully saturated rings. The van der Waals surface area contributed by atoms with Crippen LogP contribution in [-0.2, 0) is 0 Å². The molecule has 27 heavy (non-hydrogen) atoms. The highest BCUT2D eigenvalue weighted by molar-refractivity contribution is 9.10. The first-order valence-corrected chi connectivity index (χ1v) is 8.98. The molecular weight excluding hydrogens is 433 g/mol. The van der Waals surface area contributed by atoms with Gasteiger partial charge in [-0.3, -0.25) is 10.1 Å². The Morgan fingerprint density at radius 3 is 2.52 bits per heavy atom. The molecule has 3 aromatic rings. The predicted octanol–water partition coefficient (Wildman–Crippen LogP) is 4.90. The zero-order chi connectivity index (χ0) is 19.2. The van der Waals surface area contributed by atoms with Crippen LogP contribution >= 0.6 is 28.1 Å². The van der Waals surface area contributed by atoms with Gasteiger partial charge >= 0.3 is 0 Å². The van der Waals surface area contributed by atoms with E-state index in [1.165, 1.54) is 24.3 Å². The number of amides is 1. The highest BCUT2D eigenvalue weighted by atomic mass is 79.9. The molecule has 0 unspecified atom stereocenters. The molecule has 1 aromatic heterocycles. The number of anilines is 1. The van der Waals surface area contributed by atoms with Crippen molar-refractivity contribution in [3.63, 3.8) is 0 Å². The van der Waals surface area contributed by atoms with Crippen molar-refractivity contribution in [2.24, 2.45) is 0 Å². The maximum Gasteiger partial charge on any atom is 0.257 e. The number of carbonyl (C=O) groups excluding carboxylic acids is 1. The van der Waals surface area contributed by atoms with Crippen molar-refractivity contribution in [2.45, 2.75) is 0 Å². The van der Waals surface area contributed by atoms with Crippen LogP contribution in [0.5, 0.6) is 11.5 Å². The van der Waals surface area contributed by atoms with E-state index in [-0.39, 0.29) is 16.8 Å². The Morgan fingerprint density at radius 1 is 1.11 bits per heavy atom. The number of nitrogens with one attached hydrogen (secondary N) is 2. The quantitative estimate of drug-likeness (QED) is 0.559. The molecule has 136 valence electrons. The summed E-state index contributed by atoms with van der Waals surface area (Å²) in [5.41, 5.74) is 0.480. The van der Waals surface area contributed by atoms with Crippen LogP contribution in [0.3, 0.4) is 0 Å². The lowest BCUT2D eigenvalue weighted by Gasteiger charge is -2.13. The van der Waals surface area contributed by atoms with Crippen molar-refractivity contribution in [2.75, 3.05) is 5.32 Å². The summed E-state index contributed by atoms with van der Waals surface area (Å²) in [5.74, 6) is 0.385. The Morgan fingerprint density at radius 2 is 1.81 bits per heavy atom. The molecule has 0 aliphatic rings. The SMILES string of the molecule is O=C(NC(=S)Nc1ncc(Br)cc1Oc1ccc(F)cc1)c1ccccc1. The van der Waals surface area contributed by atoms with Gasteiger partial charge in [-0.15, -0.1) is 0 Å². The standard InChI is InChI=1S/C19H13BrFN3O2S/c20-13-10-16(26-15-8-6-14(21)7-9-15)17(22-11-13)23-19(27)24-18(25)12-4-2-1-3-5-12/h1-11H,(H2,22,23,24,25,27). The Kier molecular flexibility index (Phi) is 6.10. The summed E-state index contributed by atoms with van der Waals surface area (Å²) in [5, 5.41) is 5.49. The second-order valence-electron chi connectivity index (χ2n) is 5.33. The summed E-state index contributed by atoms with van der Waals surface area (Å²) in [6.07, 6.45) is 1.56. The summed E-state index contributed by atoms with van der Waals surface area (Å²) >= 11 is 8.51. The molecular formula is C19H13BrFN3O2S. The molecule has 0 aliphatic heterocycles. The van der Waals surface area contributed by atoms with Gasteiger partial charge < -0.3 is 10.1 Å². The molecule has 3 rings (SSSR count). The number of thiocarbonyl (C=S) groups is 1. The fraction of sp³-hybridized carbons (Fsp3) is 0. The Bertz CT molecular complexity index is 968. The number of nitrogens with zero attached hydrogens (tertiary/aromatic N) is 1. The third-order valence-corrected chi connectivity index (χ3v) is 3.99. The molecule has 2 N–H and O–H groups in total. The first-order valence-electron chi connectivity index (χ1n) is 7.77. The highest BCUT2D eigenvalue weighted by Gasteiger charge is 2.12. The molecule has 0 saturated carbocycles. The van der Waals surface area contributed by atoms with Crippen LogP contribution in [0, 0.1) is 5.82 Å². The molecule has 5 nitrogen and oxygen atoms in total. The fourth-order valence-electron chi connectivity index (χ4n) is 2.13. The molecule has 0 atom stereocenters. The van der Waals surface area contributed by atoms with E-state index in [1.54, 1.807) is 36.5 Å². The van der Waals surface area contributed by atoms with Crippen LogP contribution in [0.4, 0.5) is 10.2 Å². The number of benzene rings is 2. The van der Waals surface area contributed by atoms with E-state index >= 15 is 0 Å². The molecule has 0 bridgehead atoms. The molecule has 1 heterocycles. The van der Waals surface area contributed by atoms with Crippen molar-refractivity contribution in [1.82, 2.24) is 10.3 Å². The minimum atomic E-state index is -0.363. The van der Waals surface area contributed by atoms with E-state index in [9.17, 15) is 9.18 Å². The smallest absolute Gasteiger partial charge is 0.257 e. The monoisotopic (exact) mass is 445 g/mol. The van der Waals surface area contributed by atoms with Crippen LogP contribution in [0.25, 0.3) is 0 Å². The number of ether oxygens (including phenoxy) is 1. The van der Waals surface area contributed by atoms with Crippen LogP contribution in [-0.4, -0.2) is 16.0 Å². The van der Waals surface area contributed by atoms with Gasteiger partial charge in [-0.05, 0) is 64.5 Å². The number of aromatic nitrogens is 1. The average molecular weight is 446 g/mol. The summed E-state index contributed by atoms with van der Waals surface area (Å²) in [6.45, 7) is 0. The normalized spacial score (nSPS) is 10.1. The van der Waals surface area contributed by atoms with Crippen molar-refractivity contribution >= 4 is 45.0 Å². The second kappa shape index (κ2) is 8.70. The summed E-state index contributed by atoms with van der Waals surface area (Å²) in [7, 11) is 0. The minimum absolute atomic E-state index is 0.0719. The Labute approximate surface area is 168 Å². The summed E-state index contributed by atoms with van der Waals surface area (Å²) in [6, 6.07) is 15.9. The molecule has 0 saturated heterocycles. The molecule has 0 radical (unpaired) electrons. The van der Waals surface area contributed by atoms with Crippen molar-refractivity contribution in [1.29, 1.82) is 0 Å². The lowest BCUT2D eigenvalue weighted by atomic mass is 10.2. The fourth-order valence-corrected chi connectivity index (χ4v) is 2.63. The van der Waals surface area contributed by atoms with Gasteiger partial charge in [-0.1, -0.05) is 18.2 Å². The van der Waals surface area contributed by atoms with Gasteiger partial charge in [0.2, 0.25) is 0 Å². The topological polar surface area (TPSA) is 63.2 Å². The van der Waals surface area contributed by atoms with E-state index in [4.69, 9.17) is 17.0 Å². The summed E-state index contributed by atoms with van der Waals surface area (Å²) in [4.78, 5) is 16.4. The van der Waals surface area contributed by atoms with E-state index in [1.807, 2.05) is 6.07 Å². The third kappa shape index (κ3) is 5.32. The predicted molar refractivity (Wildman–Crippen MR) is 109 cm³/mol. The molecule has 8 heteroatoms. The maximum atomic E-state index is 13.1. The number of hydrogen-bond acceptors (Lipinski definition) is 4. The lowest BCUT2D eigenvalue weighted by molar-refractivity contribution is 0.0977. The number of hydrogen-bond donors (Lipinski definition) is 2. The van der Waals surface area contributed by atoms with Gasteiger partial charge in [-0.2, -0.15) is 0 Å². The van der Waals surface area contributed by atoms with E-state index in [0.717, 1.165) is 0 Å². The zero-order valence-electron chi connectivity index (χ0n) is 13.8. The molecule has 2 aromatic carbocycles. The molecule has 0 spiro atoms. The number of rotatable bonds is 4. The average Bonchev–Trinajstić information content (AvgIpc) is 2.66. The van der Waals surface area contributed by atoms with Gasteiger partial charge in [0.15, 0.2) is 16.7 Å². The lowest BCUT2D eigenvalue weighted by Crippen LogP contribution is -2.34. The number of halogens is 2.